The van der Waals surface area contributed by atoms with E-state index in [1.54, 1.807) is 55.5 Å². The fraction of sp³-hybridized carbons (Fsp3) is 0.0526. The zero-order valence-corrected chi connectivity index (χ0v) is 28.3. The van der Waals surface area contributed by atoms with E-state index in [0.29, 0.717) is 21.3 Å². The molecule has 3 N–H and O–H groups in total. The van der Waals surface area contributed by atoms with Crippen molar-refractivity contribution in [2.75, 3.05) is 10.6 Å². The number of thiazole rings is 1. The van der Waals surface area contributed by atoms with E-state index in [1.807, 2.05) is 35.7 Å². The van der Waals surface area contributed by atoms with Crippen LogP contribution in [0.2, 0.25) is 5.02 Å². The number of halogens is 2. The number of thioether (sulfide) groups is 1. The highest BCUT2D eigenvalue weighted by molar-refractivity contribution is 8.00. The van der Waals surface area contributed by atoms with E-state index >= 15 is 0 Å². The highest BCUT2D eigenvalue weighted by Crippen LogP contribution is 2.30. The summed E-state index contributed by atoms with van der Waals surface area (Å²) in [6.45, 7) is 1.78. The molecule has 1 aromatic heterocycles. The standard InChI is InChI=1S/C38H28ClFN4O3S2/c1-23(35(45)44-38-43-34(22-48-38)27-18-17-24-9-5-6-12-26(24)19-27)49-29-14-7-13-28(20-29)41-37(47)33(21-30-31(39)15-8-16-32(30)40)42-36(46)25-10-3-2-4-11-25/h2-23H,1H3,(H,41,47)(H,42,46)(H,43,44,45)/b33-21+. The minimum Gasteiger partial charge on any atom is -0.321 e. The first-order valence-corrected chi connectivity index (χ1v) is 17.2. The van der Waals surface area contributed by atoms with Gasteiger partial charge in [-0.1, -0.05) is 78.3 Å². The Bertz CT molecular complexity index is 2190. The Kier molecular flexibility index (Phi) is 10.5. The van der Waals surface area contributed by atoms with Gasteiger partial charge in [0.1, 0.15) is 11.5 Å². The summed E-state index contributed by atoms with van der Waals surface area (Å²) in [6.07, 6.45) is 1.20. The van der Waals surface area contributed by atoms with Crippen LogP contribution in [-0.4, -0.2) is 28.0 Å². The third-order valence-electron chi connectivity index (χ3n) is 7.37. The van der Waals surface area contributed by atoms with Gasteiger partial charge in [0, 0.05) is 32.7 Å². The number of aromatic nitrogens is 1. The molecule has 11 heteroatoms. The SMILES string of the molecule is CC(Sc1cccc(NC(=O)/C(=C\c2c(F)cccc2Cl)NC(=O)c2ccccc2)c1)C(=O)Nc1nc(-c2ccc3ccccc3c2)cs1. The molecule has 6 rings (SSSR count). The number of hydrogen-bond donors (Lipinski definition) is 3. The van der Waals surface area contributed by atoms with Crippen LogP contribution in [0, 0.1) is 5.82 Å². The Balaban J connectivity index is 1.13. The fourth-order valence-electron chi connectivity index (χ4n) is 4.86. The topological polar surface area (TPSA) is 100 Å². The van der Waals surface area contributed by atoms with Crippen LogP contribution in [0.15, 0.2) is 131 Å². The maximum atomic E-state index is 14.7. The molecule has 1 unspecified atom stereocenters. The van der Waals surface area contributed by atoms with Gasteiger partial charge in [0.15, 0.2) is 5.13 Å². The molecule has 0 fully saturated rings. The number of nitrogens with zero attached hydrogens (tertiary/aromatic N) is 1. The van der Waals surface area contributed by atoms with Gasteiger partial charge >= 0.3 is 0 Å². The number of rotatable bonds is 10. The summed E-state index contributed by atoms with van der Waals surface area (Å²) in [5.41, 5.74) is 2.21. The maximum Gasteiger partial charge on any atom is 0.272 e. The molecule has 244 valence electrons. The van der Waals surface area contributed by atoms with Crippen molar-refractivity contribution in [2.45, 2.75) is 17.1 Å². The molecule has 1 atom stereocenters. The van der Waals surface area contributed by atoms with Crippen molar-refractivity contribution < 1.29 is 18.8 Å². The second kappa shape index (κ2) is 15.3. The van der Waals surface area contributed by atoms with Crippen LogP contribution in [0.4, 0.5) is 15.2 Å². The first kappa shape index (κ1) is 33.6. The quantitative estimate of drug-likeness (QED) is 0.0974. The summed E-state index contributed by atoms with van der Waals surface area (Å²) in [7, 11) is 0. The number of fused-ring (bicyclic) bond motifs is 1. The molecule has 0 saturated heterocycles. The molecule has 7 nitrogen and oxygen atoms in total. The first-order chi connectivity index (χ1) is 23.7. The summed E-state index contributed by atoms with van der Waals surface area (Å²) in [4.78, 5) is 44.9. The number of carbonyl (C=O) groups is 3. The number of nitrogens with one attached hydrogen (secondary N) is 3. The van der Waals surface area contributed by atoms with Gasteiger partial charge in [-0.25, -0.2) is 9.37 Å². The number of hydrogen-bond acceptors (Lipinski definition) is 6. The molecule has 6 aromatic rings. The molecule has 49 heavy (non-hydrogen) atoms. The number of anilines is 2. The highest BCUT2D eigenvalue weighted by Gasteiger charge is 2.19. The van der Waals surface area contributed by atoms with Gasteiger partial charge in [-0.15, -0.1) is 23.1 Å². The number of carbonyl (C=O) groups excluding carboxylic acids is 3. The van der Waals surface area contributed by atoms with Gasteiger partial charge in [0.05, 0.1) is 16.0 Å². The molecule has 0 aliphatic heterocycles. The first-order valence-electron chi connectivity index (χ1n) is 15.1. The molecule has 0 aliphatic rings. The van der Waals surface area contributed by atoms with Crippen LogP contribution in [0.5, 0.6) is 0 Å². The van der Waals surface area contributed by atoms with E-state index in [4.69, 9.17) is 11.6 Å². The summed E-state index contributed by atoms with van der Waals surface area (Å²) < 4.78 is 14.7. The van der Waals surface area contributed by atoms with Crippen molar-refractivity contribution in [1.82, 2.24) is 10.3 Å². The van der Waals surface area contributed by atoms with Crippen molar-refractivity contribution >= 4 is 80.1 Å². The lowest BCUT2D eigenvalue weighted by Gasteiger charge is -2.14. The van der Waals surface area contributed by atoms with E-state index in [1.165, 1.54) is 47.4 Å². The Morgan fingerprint density at radius 1 is 0.857 bits per heavy atom. The van der Waals surface area contributed by atoms with E-state index in [2.05, 4.69) is 39.1 Å². The third kappa shape index (κ3) is 8.42. The Labute approximate surface area is 295 Å². The summed E-state index contributed by atoms with van der Waals surface area (Å²) in [5.74, 6) is -2.12. The van der Waals surface area contributed by atoms with Crippen LogP contribution < -0.4 is 16.0 Å². The van der Waals surface area contributed by atoms with Gasteiger partial charge in [-0.2, -0.15) is 0 Å². The second-order valence-electron chi connectivity index (χ2n) is 10.8. The van der Waals surface area contributed by atoms with E-state index in [0.717, 1.165) is 22.0 Å². The second-order valence-corrected chi connectivity index (χ2v) is 13.5. The van der Waals surface area contributed by atoms with Gasteiger partial charge in [0.2, 0.25) is 5.91 Å². The van der Waals surface area contributed by atoms with Crippen molar-refractivity contribution in [3.05, 3.63) is 148 Å². The number of benzene rings is 5. The number of amides is 3. The minimum absolute atomic E-state index is 0.0450. The molecule has 3 amide bonds. The molecule has 0 bridgehead atoms. The lowest BCUT2D eigenvalue weighted by atomic mass is 10.1. The van der Waals surface area contributed by atoms with Crippen LogP contribution in [0.3, 0.4) is 0 Å². The van der Waals surface area contributed by atoms with Crippen molar-refractivity contribution in [1.29, 1.82) is 0 Å². The van der Waals surface area contributed by atoms with Crippen LogP contribution >= 0.6 is 34.7 Å². The molecule has 1 heterocycles. The molecule has 0 radical (unpaired) electrons. The van der Waals surface area contributed by atoms with Crippen LogP contribution in [0.25, 0.3) is 28.1 Å². The highest BCUT2D eigenvalue weighted by atomic mass is 35.5. The van der Waals surface area contributed by atoms with Gasteiger partial charge in [-0.3, -0.25) is 14.4 Å². The van der Waals surface area contributed by atoms with E-state index < -0.39 is 22.9 Å². The van der Waals surface area contributed by atoms with Crippen LogP contribution in [-0.2, 0) is 9.59 Å². The Morgan fingerprint density at radius 2 is 1.61 bits per heavy atom. The Hall–Kier alpha value is -5.29. The Morgan fingerprint density at radius 3 is 2.41 bits per heavy atom. The van der Waals surface area contributed by atoms with Crippen molar-refractivity contribution in [3.63, 3.8) is 0 Å². The predicted octanol–water partition coefficient (Wildman–Crippen LogP) is 9.28. The lowest BCUT2D eigenvalue weighted by Crippen LogP contribution is -2.30. The average Bonchev–Trinajstić information content (AvgIpc) is 3.58. The normalized spacial score (nSPS) is 11.9. The summed E-state index contributed by atoms with van der Waals surface area (Å²) in [6, 6.07) is 33.6. The largest absolute Gasteiger partial charge is 0.321 e. The average molecular weight is 707 g/mol. The lowest BCUT2D eigenvalue weighted by molar-refractivity contribution is -0.115. The van der Waals surface area contributed by atoms with Crippen LogP contribution in [0.1, 0.15) is 22.8 Å². The smallest absolute Gasteiger partial charge is 0.272 e. The molecular formula is C38H28ClFN4O3S2. The molecular weight excluding hydrogens is 679 g/mol. The third-order valence-corrected chi connectivity index (χ3v) is 9.55. The van der Waals surface area contributed by atoms with Gasteiger partial charge in [0.25, 0.3) is 11.8 Å². The minimum atomic E-state index is -0.692. The van der Waals surface area contributed by atoms with Crippen molar-refractivity contribution in [2.24, 2.45) is 0 Å². The zero-order chi connectivity index (χ0) is 34.3. The monoisotopic (exact) mass is 706 g/mol. The van der Waals surface area contributed by atoms with Gasteiger partial charge < -0.3 is 16.0 Å². The zero-order valence-electron chi connectivity index (χ0n) is 25.9. The molecule has 0 aliphatic carbocycles. The fourth-order valence-corrected chi connectivity index (χ4v) is 6.72. The van der Waals surface area contributed by atoms with Gasteiger partial charge in [-0.05, 0) is 72.3 Å². The van der Waals surface area contributed by atoms with E-state index in [-0.39, 0.29) is 22.2 Å². The maximum absolute atomic E-state index is 14.7. The molecule has 5 aromatic carbocycles. The predicted molar refractivity (Wildman–Crippen MR) is 197 cm³/mol. The summed E-state index contributed by atoms with van der Waals surface area (Å²) in [5, 5.41) is 12.5. The summed E-state index contributed by atoms with van der Waals surface area (Å²) >= 11 is 8.87. The molecule has 0 saturated carbocycles. The van der Waals surface area contributed by atoms with E-state index in [9.17, 15) is 18.8 Å². The van der Waals surface area contributed by atoms with Crippen molar-refractivity contribution in [3.8, 4) is 11.3 Å². The molecule has 0 spiro atoms.